The van der Waals surface area contributed by atoms with Crippen LogP contribution < -0.4 is 5.32 Å². The molecular weight excluding hydrogens is 286 g/mol. The minimum atomic E-state index is -0.253. The molecule has 3 aromatic rings. The summed E-state index contributed by atoms with van der Waals surface area (Å²) in [6.45, 7) is 2.34. The van der Waals surface area contributed by atoms with Gasteiger partial charge in [0.2, 0.25) is 0 Å². The van der Waals surface area contributed by atoms with E-state index in [1.165, 1.54) is 0 Å². The van der Waals surface area contributed by atoms with Crippen molar-refractivity contribution in [3.05, 3.63) is 58.4 Å². The third-order valence-corrected chi connectivity index (χ3v) is 3.65. The Hall–Kier alpha value is -2.47. The summed E-state index contributed by atoms with van der Waals surface area (Å²) in [6, 6.07) is 7.14. The molecule has 3 rings (SSSR count). The molecule has 0 aromatic carbocycles. The van der Waals surface area contributed by atoms with Gasteiger partial charge in [0, 0.05) is 24.3 Å². The van der Waals surface area contributed by atoms with E-state index < -0.39 is 0 Å². The number of nitrogens with one attached hydrogen (secondary N) is 1. The molecule has 0 fully saturated rings. The van der Waals surface area contributed by atoms with Crippen LogP contribution in [0.2, 0.25) is 0 Å². The smallest absolute Gasteiger partial charge is 0.287 e. The normalized spacial score (nSPS) is 10.5. The summed E-state index contributed by atoms with van der Waals surface area (Å²) in [5.74, 6) is 0.627. The number of hydrogen-bond acceptors (Lipinski definition) is 5. The Labute approximate surface area is 125 Å². The SMILES string of the molecule is Cc1nc(-c2ccc(C(=O)NCc3cccnc3)o2)cs1. The summed E-state index contributed by atoms with van der Waals surface area (Å²) in [6.07, 6.45) is 3.41. The van der Waals surface area contributed by atoms with Crippen LogP contribution in [0.25, 0.3) is 11.5 Å². The molecular formula is C15H13N3O2S. The lowest BCUT2D eigenvalue weighted by molar-refractivity contribution is 0.0924. The second kappa shape index (κ2) is 5.88. The maximum Gasteiger partial charge on any atom is 0.287 e. The third kappa shape index (κ3) is 3.17. The van der Waals surface area contributed by atoms with Gasteiger partial charge in [-0.15, -0.1) is 11.3 Å². The average Bonchev–Trinajstić information content (AvgIpc) is 3.14. The van der Waals surface area contributed by atoms with E-state index in [9.17, 15) is 4.79 Å². The Morgan fingerprint density at radius 3 is 3.00 bits per heavy atom. The van der Waals surface area contributed by atoms with Crippen LogP contribution in [0.3, 0.4) is 0 Å². The lowest BCUT2D eigenvalue weighted by Crippen LogP contribution is -2.22. The highest BCUT2D eigenvalue weighted by molar-refractivity contribution is 7.09. The van der Waals surface area contributed by atoms with Gasteiger partial charge >= 0.3 is 0 Å². The monoisotopic (exact) mass is 299 g/mol. The summed E-state index contributed by atoms with van der Waals surface area (Å²) >= 11 is 1.55. The maximum absolute atomic E-state index is 12.0. The summed E-state index contributed by atoms with van der Waals surface area (Å²) in [5, 5.41) is 5.66. The molecule has 0 aliphatic rings. The Kier molecular flexibility index (Phi) is 3.79. The molecule has 1 N–H and O–H groups in total. The first-order chi connectivity index (χ1) is 10.2. The first-order valence-corrected chi connectivity index (χ1v) is 7.30. The van der Waals surface area contributed by atoms with Gasteiger partial charge in [-0.05, 0) is 30.7 Å². The fraction of sp³-hybridized carbons (Fsp3) is 0.133. The van der Waals surface area contributed by atoms with E-state index in [1.54, 1.807) is 35.9 Å². The van der Waals surface area contributed by atoms with Crippen LogP contribution in [0.15, 0.2) is 46.5 Å². The number of hydrogen-bond donors (Lipinski definition) is 1. The number of aromatic nitrogens is 2. The molecule has 3 heterocycles. The highest BCUT2D eigenvalue weighted by Crippen LogP contribution is 2.23. The van der Waals surface area contributed by atoms with E-state index in [4.69, 9.17) is 4.42 Å². The topological polar surface area (TPSA) is 68.0 Å². The minimum Gasteiger partial charge on any atom is -0.449 e. The molecule has 0 spiro atoms. The van der Waals surface area contributed by atoms with Crippen molar-refractivity contribution in [3.63, 3.8) is 0 Å². The predicted octanol–water partition coefficient (Wildman–Crippen LogP) is 3.04. The van der Waals surface area contributed by atoms with Crippen molar-refractivity contribution in [3.8, 4) is 11.5 Å². The lowest BCUT2D eigenvalue weighted by Gasteiger charge is -2.02. The Morgan fingerprint density at radius 2 is 2.29 bits per heavy atom. The van der Waals surface area contributed by atoms with E-state index in [0.717, 1.165) is 16.3 Å². The molecule has 0 atom stereocenters. The van der Waals surface area contributed by atoms with Crippen molar-refractivity contribution >= 4 is 17.2 Å². The quantitative estimate of drug-likeness (QED) is 0.804. The van der Waals surface area contributed by atoms with E-state index in [0.29, 0.717) is 12.3 Å². The van der Waals surface area contributed by atoms with Crippen molar-refractivity contribution < 1.29 is 9.21 Å². The van der Waals surface area contributed by atoms with E-state index in [2.05, 4.69) is 15.3 Å². The zero-order valence-corrected chi connectivity index (χ0v) is 12.2. The molecule has 6 heteroatoms. The van der Waals surface area contributed by atoms with Crippen LogP contribution in [0.1, 0.15) is 21.1 Å². The van der Waals surface area contributed by atoms with Crippen LogP contribution >= 0.6 is 11.3 Å². The average molecular weight is 299 g/mol. The fourth-order valence-electron chi connectivity index (χ4n) is 1.85. The Morgan fingerprint density at radius 1 is 1.38 bits per heavy atom. The van der Waals surface area contributed by atoms with Crippen LogP contribution in [0.5, 0.6) is 0 Å². The van der Waals surface area contributed by atoms with Crippen LogP contribution in [0.4, 0.5) is 0 Å². The summed E-state index contributed by atoms with van der Waals surface area (Å²) in [7, 11) is 0. The van der Waals surface area contributed by atoms with E-state index in [-0.39, 0.29) is 11.7 Å². The minimum absolute atomic E-state index is 0.253. The van der Waals surface area contributed by atoms with Gasteiger partial charge in [0.15, 0.2) is 11.5 Å². The molecule has 0 unspecified atom stereocenters. The zero-order chi connectivity index (χ0) is 14.7. The molecule has 1 amide bonds. The first kappa shape index (κ1) is 13.5. The van der Waals surface area contributed by atoms with Crippen molar-refractivity contribution in [2.75, 3.05) is 0 Å². The van der Waals surface area contributed by atoms with Gasteiger partial charge in [0.1, 0.15) is 5.69 Å². The second-order valence-corrected chi connectivity index (χ2v) is 5.52. The maximum atomic E-state index is 12.0. The second-order valence-electron chi connectivity index (χ2n) is 4.46. The van der Waals surface area contributed by atoms with E-state index in [1.807, 2.05) is 24.4 Å². The Bertz CT molecular complexity index is 749. The summed E-state index contributed by atoms with van der Waals surface area (Å²) in [5.41, 5.74) is 1.69. The van der Waals surface area contributed by atoms with Crippen molar-refractivity contribution in [2.24, 2.45) is 0 Å². The lowest BCUT2D eigenvalue weighted by atomic mass is 10.3. The highest BCUT2D eigenvalue weighted by atomic mass is 32.1. The number of thiazole rings is 1. The van der Waals surface area contributed by atoms with Crippen molar-refractivity contribution in [1.29, 1.82) is 0 Å². The summed E-state index contributed by atoms with van der Waals surface area (Å²) < 4.78 is 5.55. The van der Waals surface area contributed by atoms with Crippen LogP contribution in [-0.4, -0.2) is 15.9 Å². The molecule has 0 saturated heterocycles. The standard InChI is InChI=1S/C15H13N3O2S/c1-10-18-12(9-21-10)13-4-5-14(20-13)15(19)17-8-11-3-2-6-16-7-11/h2-7,9H,8H2,1H3,(H,17,19). The van der Waals surface area contributed by atoms with E-state index >= 15 is 0 Å². The van der Waals surface area contributed by atoms with Crippen LogP contribution in [-0.2, 0) is 6.54 Å². The Balaban J connectivity index is 1.67. The molecule has 21 heavy (non-hydrogen) atoms. The summed E-state index contributed by atoms with van der Waals surface area (Å²) in [4.78, 5) is 20.4. The number of carbonyl (C=O) groups is 1. The molecule has 106 valence electrons. The molecule has 0 aliphatic carbocycles. The molecule has 0 saturated carbocycles. The van der Waals surface area contributed by atoms with Crippen molar-refractivity contribution in [2.45, 2.75) is 13.5 Å². The first-order valence-electron chi connectivity index (χ1n) is 6.42. The number of furan rings is 1. The molecule has 0 aliphatic heterocycles. The number of carbonyl (C=O) groups excluding carboxylic acids is 1. The predicted molar refractivity (Wildman–Crippen MR) is 80.0 cm³/mol. The molecule has 5 nitrogen and oxygen atoms in total. The van der Waals surface area contributed by atoms with Gasteiger partial charge in [-0.25, -0.2) is 4.98 Å². The number of rotatable bonds is 4. The molecule has 0 bridgehead atoms. The molecule has 0 radical (unpaired) electrons. The largest absolute Gasteiger partial charge is 0.449 e. The van der Waals surface area contributed by atoms with Gasteiger partial charge in [0.25, 0.3) is 5.91 Å². The van der Waals surface area contributed by atoms with Crippen LogP contribution in [0, 0.1) is 6.92 Å². The highest BCUT2D eigenvalue weighted by Gasteiger charge is 2.13. The van der Waals surface area contributed by atoms with Gasteiger partial charge in [-0.2, -0.15) is 0 Å². The third-order valence-electron chi connectivity index (χ3n) is 2.88. The number of amides is 1. The van der Waals surface area contributed by atoms with Crippen molar-refractivity contribution in [1.82, 2.24) is 15.3 Å². The van der Waals surface area contributed by atoms with Gasteiger partial charge in [-0.3, -0.25) is 9.78 Å². The number of pyridine rings is 1. The molecule has 3 aromatic heterocycles. The van der Waals surface area contributed by atoms with Gasteiger partial charge < -0.3 is 9.73 Å². The zero-order valence-electron chi connectivity index (χ0n) is 11.4. The fourth-order valence-corrected chi connectivity index (χ4v) is 2.45. The number of aryl methyl sites for hydroxylation is 1. The van der Waals surface area contributed by atoms with Gasteiger partial charge in [-0.1, -0.05) is 6.07 Å². The number of nitrogens with zero attached hydrogens (tertiary/aromatic N) is 2. The van der Waals surface area contributed by atoms with Gasteiger partial charge in [0.05, 0.1) is 5.01 Å².